The van der Waals surface area contributed by atoms with Crippen LogP contribution in [0.25, 0.3) is 0 Å². The maximum absolute atomic E-state index is 12.5. The van der Waals surface area contributed by atoms with Gasteiger partial charge in [0, 0.05) is 49.9 Å². The number of anilines is 2. The molecule has 2 amide bonds. The number of rotatable bonds is 4. The van der Waals surface area contributed by atoms with E-state index >= 15 is 0 Å². The summed E-state index contributed by atoms with van der Waals surface area (Å²) in [5, 5.41) is 2.88. The Balaban J connectivity index is 1.59. The summed E-state index contributed by atoms with van der Waals surface area (Å²) in [7, 11) is 1.56. The Bertz CT molecular complexity index is 785. The SMILES string of the molecule is COc1ccc(NC(=O)N2CCN(c3cc(C)nc(C(C)C)n3)CC2)cn1. The Hall–Kier alpha value is -2.90. The number of amides is 2. The number of aryl methyl sites for hydroxylation is 1. The van der Waals surface area contributed by atoms with Crippen LogP contribution in [0.2, 0.25) is 0 Å². The fourth-order valence-corrected chi connectivity index (χ4v) is 2.91. The van der Waals surface area contributed by atoms with Crippen LogP contribution < -0.4 is 15.0 Å². The van der Waals surface area contributed by atoms with Crippen molar-refractivity contribution in [1.82, 2.24) is 19.9 Å². The first kappa shape index (κ1) is 18.9. The predicted molar refractivity (Wildman–Crippen MR) is 104 cm³/mol. The van der Waals surface area contributed by atoms with Gasteiger partial charge in [-0.05, 0) is 13.0 Å². The van der Waals surface area contributed by atoms with Gasteiger partial charge in [0.15, 0.2) is 0 Å². The minimum atomic E-state index is -0.122. The molecule has 8 heteroatoms. The van der Waals surface area contributed by atoms with E-state index in [1.807, 2.05) is 13.0 Å². The summed E-state index contributed by atoms with van der Waals surface area (Å²) in [5.74, 6) is 2.60. The first-order chi connectivity index (χ1) is 13.0. The van der Waals surface area contributed by atoms with Gasteiger partial charge in [0.25, 0.3) is 0 Å². The zero-order valence-electron chi connectivity index (χ0n) is 16.3. The summed E-state index contributed by atoms with van der Waals surface area (Å²) >= 11 is 0. The van der Waals surface area contributed by atoms with Crippen molar-refractivity contribution in [2.24, 2.45) is 0 Å². The molecule has 2 aromatic heterocycles. The number of carbonyl (C=O) groups is 1. The molecule has 3 rings (SSSR count). The van der Waals surface area contributed by atoms with Gasteiger partial charge in [0.05, 0.1) is 19.0 Å². The van der Waals surface area contributed by atoms with Crippen molar-refractivity contribution in [3.8, 4) is 5.88 Å². The van der Waals surface area contributed by atoms with Crippen molar-refractivity contribution in [3.05, 3.63) is 35.9 Å². The molecule has 1 aliphatic rings. The van der Waals surface area contributed by atoms with E-state index in [0.29, 0.717) is 24.7 Å². The number of carbonyl (C=O) groups excluding carboxylic acids is 1. The minimum absolute atomic E-state index is 0.122. The van der Waals surface area contributed by atoms with Crippen molar-refractivity contribution in [2.45, 2.75) is 26.7 Å². The molecule has 0 atom stereocenters. The van der Waals surface area contributed by atoms with Gasteiger partial charge in [-0.25, -0.2) is 19.7 Å². The van der Waals surface area contributed by atoms with Crippen LogP contribution in [0.3, 0.4) is 0 Å². The van der Waals surface area contributed by atoms with E-state index in [0.717, 1.165) is 30.4 Å². The molecule has 2 aromatic rings. The Kier molecular flexibility index (Phi) is 5.73. The van der Waals surface area contributed by atoms with E-state index < -0.39 is 0 Å². The lowest BCUT2D eigenvalue weighted by Gasteiger charge is -2.35. The number of methoxy groups -OCH3 is 1. The summed E-state index contributed by atoms with van der Waals surface area (Å²) in [5.41, 5.74) is 1.62. The van der Waals surface area contributed by atoms with E-state index in [1.165, 1.54) is 0 Å². The van der Waals surface area contributed by atoms with E-state index in [1.54, 1.807) is 30.3 Å². The summed E-state index contributed by atoms with van der Waals surface area (Å²) < 4.78 is 5.03. The van der Waals surface area contributed by atoms with Gasteiger partial charge in [0.2, 0.25) is 5.88 Å². The van der Waals surface area contributed by atoms with Gasteiger partial charge in [-0.15, -0.1) is 0 Å². The molecular formula is C19H26N6O2. The van der Waals surface area contributed by atoms with E-state index in [9.17, 15) is 4.79 Å². The van der Waals surface area contributed by atoms with E-state index in [4.69, 9.17) is 4.74 Å². The highest BCUT2D eigenvalue weighted by Gasteiger charge is 2.23. The molecule has 0 unspecified atom stereocenters. The average molecular weight is 370 g/mol. The molecule has 0 radical (unpaired) electrons. The molecule has 1 N–H and O–H groups in total. The van der Waals surface area contributed by atoms with Crippen LogP contribution in [-0.2, 0) is 0 Å². The summed E-state index contributed by atoms with van der Waals surface area (Å²) in [6.45, 7) is 8.92. The molecule has 1 fully saturated rings. The standard InChI is InChI=1S/C19H26N6O2/c1-13(2)18-21-14(3)11-16(23-18)24-7-9-25(10-8-24)19(26)22-15-5-6-17(27-4)20-12-15/h5-6,11-13H,7-10H2,1-4H3,(H,22,26). The summed E-state index contributed by atoms with van der Waals surface area (Å²) in [4.78, 5) is 29.8. The first-order valence-corrected chi connectivity index (χ1v) is 9.12. The number of aromatic nitrogens is 3. The zero-order chi connectivity index (χ0) is 19.4. The van der Waals surface area contributed by atoms with Crippen molar-refractivity contribution >= 4 is 17.5 Å². The average Bonchev–Trinajstić information content (AvgIpc) is 2.68. The minimum Gasteiger partial charge on any atom is -0.481 e. The zero-order valence-corrected chi connectivity index (χ0v) is 16.3. The Morgan fingerprint density at radius 2 is 1.93 bits per heavy atom. The van der Waals surface area contributed by atoms with Gasteiger partial charge in [-0.3, -0.25) is 0 Å². The van der Waals surface area contributed by atoms with E-state index in [-0.39, 0.29) is 11.9 Å². The second-order valence-corrected chi connectivity index (χ2v) is 6.87. The van der Waals surface area contributed by atoms with Crippen LogP contribution in [0.15, 0.2) is 24.4 Å². The molecule has 27 heavy (non-hydrogen) atoms. The normalized spacial score (nSPS) is 14.4. The molecule has 3 heterocycles. The number of pyridine rings is 1. The van der Waals surface area contributed by atoms with Crippen LogP contribution in [0, 0.1) is 6.92 Å². The lowest BCUT2D eigenvalue weighted by molar-refractivity contribution is 0.208. The van der Waals surface area contributed by atoms with Gasteiger partial charge >= 0.3 is 6.03 Å². The molecule has 0 aromatic carbocycles. The topological polar surface area (TPSA) is 83.5 Å². The third kappa shape index (κ3) is 4.64. The maximum Gasteiger partial charge on any atom is 0.322 e. The third-order valence-electron chi connectivity index (χ3n) is 4.46. The number of piperazine rings is 1. The fraction of sp³-hybridized carbons (Fsp3) is 0.474. The van der Waals surface area contributed by atoms with Crippen LogP contribution in [0.5, 0.6) is 5.88 Å². The maximum atomic E-state index is 12.5. The second-order valence-electron chi connectivity index (χ2n) is 6.87. The molecule has 0 saturated carbocycles. The Labute approximate surface area is 159 Å². The van der Waals surface area contributed by atoms with Gasteiger partial charge in [0.1, 0.15) is 11.6 Å². The summed E-state index contributed by atoms with van der Waals surface area (Å²) in [6, 6.07) is 5.38. The number of nitrogens with zero attached hydrogens (tertiary/aromatic N) is 5. The molecule has 144 valence electrons. The van der Waals surface area contributed by atoms with Crippen molar-refractivity contribution in [1.29, 1.82) is 0 Å². The van der Waals surface area contributed by atoms with Gasteiger partial charge in [-0.2, -0.15) is 0 Å². The first-order valence-electron chi connectivity index (χ1n) is 9.12. The molecular weight excluding hydrogens is 344 g/mol. The highest BCUT2D eigenvalue weighted by Crippen LogP contribution is 2.19. The number of hydrogen-bond donors (Lipinski definition) is 1. The lowest BCUT2D eigenvalue weighted by atomic mass is 10.2. The Morgan fingerprint density at radius 3 is 2.52 bits per heavy atom. The quantitative estimate of drug-likeness (QED) is 0.891. The third-order valence-corrected chi connectivity index (χ3v) is 4.46. The number of nitrogens with one attached hydrogen (secondary N) is 1. The van der Waals surface area contributed by atoms with Crippen molar-refractivity contribution in [2.75, 3.05) is 43.5 Å². The molecule has 0 aliphatic carbocycles. The highest BCUT2D eigenvalue weighted by atomic mass is 16.5. The molecule has 8 nitrogen and oxygen atoms in total. The number of ether oxygens (including phenoxy) is 1. The smallest absolute Gasteiger partial charge is 0.322 e. The highest BCUT2D eigenvalue weighted by molar-refractivity contribution is 5.89. The predicted octanol–water partition coefficient (Wildman–Crippen LogP) is 2.67. The van der Waals surface area contributed by atoms with E-state index in [2.05, 4.69) is 39.0 Å². The summed E-state index contributed by atoms with van der Waals surface area (Å²) in [6.07, 6.45) is 1.59. The van der Waals surface area contributed by atoms with Crippen LogP contribution in [-0.4, -0.2) is 59.2 Å². The largest absolute Gasteiger partial charge is 0.481 e. The molecule has 1 saturated heterocycles. The van der Waals surface area contributed by atoms with Crippen molar-refractivity contribution in [3.63, 3.8) is 0 Å². The number of hydrogen-bond acceptors (Lipinski definition) is 6. The van der Waals surface area contributed by atoms with Crippen LogP contribution in [0.4, 0.5) is 16.3 Å². The van der Waals surface area contributed by atoms with Crippen molar-refractivity contribution < 1.29 is 9.53 Å². The van der Waals surface area contributed by atoms with Gasteiger partial charge < -0.3 is 19.9 Å². The van der Waals surface area contributed by atoms with Crippen LogP contribution >= 0.6 is 0 Å². The molecule has 0 spiro atoms. The molecule has 1 aliphatic heterocycles. The molecule has 0 bridgehead atoms. The monoisotopic (exact) mass is 370 g/mol. The van der Waals surface area contributed by atoms with Gasteiger partial charge in [-0.1, -0.05) is 13.8 Å². The Morgan fingerprint density at radius 1 is 1.19 bits per heavy atom. The second kappa shape index (κ2) is 8.20. The lowest BCUT2D eigenvalue weighted by Crippen LogP contribution is -2.50. The fourth-order valence-electron chi connectivity index (χ4n) is 2.91. The number of urea groups is 1. The van der Waals surface area contributed by atoms with Crippen LogP contribution in [0.1, 0.15) is 31.3 Å².